The topological polar surface area (TPSA) is 86.9 Å². The first-order valence-electron chi connectivity index (χ1n) is 5.87. The number of carbonyl (C=O) groups is 1. The zero-order chi connectivity index (χ0) is 14.0. The van der Waals surface area contributed by atoms with Gasteiger partial charge in [-0.15, -0.1) is 0 Å². The number of hydrogen-bond donors (Lipinski definition) is 2. The molecule has 1 amide bonds. The van der Waals surface area contributed by atoms with Gasteiger partial charge < -0.3 is 11.5 Å². The zero-order valence-corrected chi connectivity index (χ0v) is 12.1. The summed E-state index contributed by atoms with van der Waals surface area (Å²) in [6, 6.07) is 7.63. The summed E-state index contributed by atoms with van der Waals surface area (Å²) in [5.74, 6) is -0.538. The van der Waals surface area contributed by atoms with Gasteiger partial charge in [-0.3, -0.25) is 4.79 Å². The maximum atomic E-state index is 11.0. The second kappa shape index (κ2) is 5.54. The summed E-state index contributed by atoms with van der Waals surface area (Å²) in [5, 5.41) is 4.12. The van der Waals surface area contributed by atoms with E-state index in [1.54, 1.807) is 16.9 Å². The molecule has 6 heteroatoms. The monoisotopic (exact) mass is 322 g/mol. The molecule has 0 aliphatic carbocycles. The predicted molar refractivity (Wildman–Crippen MR) is 77.1 cm³/mol. The van der Waals surface area contributed by atoms with E-state index in [1.807, 2.05) is 25.1 Å². The molecule has 0 saturated carbocycles. The minimum absolute atomic E-state index is 0.115. The Labute approximate surface area is 119 Å². The number of primary amides is 1. The Morgan fingerprint density at radius 2 is 2.21 bits per heavy atom. The van der Waals surface area contributed by atoms with Crippen molar-refractivity contribution in [2.45, 2.75) is 19.4 Å². The molecule has 1 aromatic carbocycles. The molecule has 4 N–H and O–H groups in total. The molecule has 100 valence electrons. The van der Waals surface area contributed by atoms with Crippen LogP contribution in [0.4, 0.5) is 0 Å². The van der Waals surface area contributed by atoms with Crippen molar-refractivity contribution in [1.29, 1.82) is 0 Å². The van der Waals surface area contributed by atoms with E-state index in [1.165, 1.54) is 0 Å². The molecule has 2 aromatic rings. The molecule has 1 aromatic heterocycles. The molecule has 0 fully saturated rings. The number of halogens is 1. The Bertz CT molecular complexity index is 606. The highest BCUT2D eigenvalue weighted by Crippen LogP contribution is 2.22. The van der Waals surface area contributed by atoms with Gasteiger partial charge in [-0.1, -0.05) is 6.07 Å². The summed E-state index contributed by atoms with van der Waals surface area (Å²) >= 11 is 3.50. The van der Waals surface area contributed by atoms with Crippen LogP contribution in [0.1, 0.15) is 23.0 Å². The lowest BCUT2D eigenvalue weighted by Gasteiger charge is -2.09. The number of rotatable bonds is 4. The molecule has 0 spiro atoms. The van der Waals surface area contributed by atoms with Crippen molar-refractivity contribution in [2.24, 2.45) is 11.5 Å². The first-order chi connectivity index (χ1) is 8.97. The Hall–Kier alpha value is -1.66. The van der Waals surface area contributed by atoms with Crippen LogP contribution in [0.2, 0.25) is 0 Å². The lowest BCUT2D eigenvalue weighted by Crippen LogP contribution is -2.17. The van der Waals surface area contributed by atoms with Gasteiger partial charge in [-0.05, 0) is 53.0 Å². The van der Waals surface area contributed by atoms with E-state index in [4.69, 9.17) is 11.5 Å². The van der Waals surface area contributed by atoms with Crippen LogP contribution in [0.3, 0.4) is 0 Å². The van der Waals surface area contributed by atoms with Gasteiger partial charge in [0.15, 0.2) is 0 Å². The standard InChI is InChI=1S/C13H15BrN4O/c1-8(15)6-9-2-3-12(10(14)7-9)18-5-4-11(17-18)13(16)19/h2-5,7-8H,6,15H2,1H3,(H2,16,19). The van der Waals surface area contributed by atoms with E-state index in [-0.39, 0.29) is 11.7 Å². The largest absolute Gasteiger partial charge is 0.364 e. The van der Waals surface area contributed by atoms with Crippen LogP contribution in [0.25, 0.3) is 5.69 Å². The van der Waals surface area contributed by atoms with Crippen molar-refractivity contribution >= 4 is 21.8 Å². The summed E-state index contributed by atoms with van der Waals surface area (Å²) in [4.78, 5) is 11.0. The summed E-state index contributed by atoms with van der Waals surface area (Å²) < 4.78 is 2.50. The maximum Gasteiger partial charge on any atom is 0.269 e. The van der Waals surface area contributed by atoms with Gasteiger partial charge in [-0.2, -0.15) is 5.10 Å². The van der Waals surface area contributed by atoms with Gasteiger partial charge in [-0.25, -0.2) is 4.68 Å². The minimum Gasteiger partial charge on any atom is -0.364 e. The number of amides is 1. The predicted octanol–water partition coefficient (Wildman–Crippen LogP) is 1.62. The first-order valence-corrected chi connectivity index (χ1v) is 6.66. The number of hydrogen-bond acceptors (Lipinski definition) is 3. The van der Waals surface area contributed by atoms with Gasteiger partial charge >= 0.3 is 0 Å². The first kappa shape index (κ1) is 13.8. The van der Waals surface area contributed by atoms with Crippen molar-refractivity contribution in [2.75, 3.05) is 0 Å². The van der Waals surface area contributed by atoms with Crippen LogP contribution in [0.5, 0.6) is 0 Å². The third-order valence-electron chi connectivity index (χ3n) is 2.66. The third-order valence-corrected chi connectivity index (χ3v) is 3.29. The van der Waals surface area contributed by atoms with E-state index in [2.05, 4.69) is 21.0 Å². The minimum atomic E-state index is -0.538. The fraction of sp³-hybridized carbons (Fsp3) is 0.231. The van der Waals surface area contributed by atoms with Gasteiger partial charge in [0.05, 0.1) is 5.69 Å². The number of carbonyl (C=O) groups excluding carboxylic acids is 1. The highest BCUT2D eigenvalue weighted by Gasteiger charge is 2.09. The van der Waals surface area contributed by atoms with E-state index < -0.39 is 5.91 Å². The summed E-state index contributed by atoms with van der Waals surface area (Å²) in [6.45, 7) is 1.97. The molecule has 0 radical (unpaired) electrons. The van der Waals surface area contributed by atoms with E-state index in [0.717, 1.165) is 22.1 Å². The molecule has 0 bridgehead atoms. The Morgan fingerprint density at radius 1 is 1.47 bits per heavy atom. The SMILES string of the molecule is CC(N)Cc1ccc(-n2ccc(C(N)=O)n2)c(Br)c1. The number of benzene rings is 1. The Kier molecular flexibility index (Phi) is 4.01. The molecule has 2 rings (SSSR count). The lowest BCUT2D eigenvalue weighted by atomic mass is 10.1. The summed E-state index contributed by atoms with van der Waals surface area (Å²) in [5.41, 5.74) is 13.2. The van der Waals surface area contributed by atoms with Crippen molar-refractivity contribution in [1.82, 2.24) is 9.78 Å². The summed E-state index contributed by atoms with van der Waals surface area (Å²) in [7, 11) is 0. The van der Waals surface area contributed by atoms with Gasteiger partial charge in [0, 0.05) is 16.7 Å². The van der Waals surface area contributed by atoms with Gasteiger partial charge in [0.1, 0.15) is 5.69 Å². The van der Waals surface area contributed by atoms with Crippen LogP contribution in [0.15, 0.2) is 34.9 Å². The molecular weight excluding hydrogens is 308 g/mol. The smallest absolute Gasteiger partial charge is 0.269 e. The fourth-order valence-corrected chi connectivity index (χ4v) is 2.43. The fourth-order valence-electron chi connectivity index (χ4n) is 1.82. The van der Waals surface area contributed by atoms with Gasteiger partial charge in [0.2, 0.25) is 0 Å². The van der Waals surface area contributed by atoms with Crippen LogP contribution >= 0.6 is 15.9 Å². The average molecular weight is 323 g/mol. The maximum absolute atomic E-state index is 11.0. The highest BCUT2D eigenvalue weighted by atomic mass is 79.9. The number of nitrogens with zero attached hydrogens (tertiary/aromatic N) is 2. The highest BCUT2D eigenvalue weighted by molar-refractivity contribution is 9.10. The quantitative estimate of drug-likeness (QED) is 0.896. The van der Waals surface area contributed by atoms with E-state index in [0.29, 0.717) is 0 Å². The Balaban J connectivity index is 2.32. The Morgan fingerprint density at radius 3 is 2.74 bits per heavy atom. The second-order valence-corrected chi connectivity index (χ2v) is 5.33. The van der Waals surface area contributed by atoms with Crippen molar-refractivity contribution < 1.29 is 4.79 Å². The molecular formula is C13H15BrN4O. The lowest BCUT2D eigenvalue weighted by molar-refractivity contribution is 0.0995. The van der Waals surface area contributed by atoms with E-state index in [9.17, 15) is 4.79 Å². The van der Waals surface area contributed by atoms with Gasteiger partial charge in [0.25, 0.3) is 5.91 Å². The van der Waals surface area contributed by atoms with E-state index >= 15 is 0 Å². The number of aromatic nitrogens is 2. The van der Waals surface area contributed by atoms with Crippen LogP contribution in [0, 0.1) is 0 Å². The van der Waals surface area contributed by atoms with Crippen LogP contribution < -0.4 is 11.5 Å². The molecule has 0 aliphatic heterocycles. The molecule has 1 atom stereocenters. The molecule has 5 nitrogen and oxygen atoms in total. The normalized spacial score (nSPS) is 12.4. The number of nitrogens with two attached hydrogens (primary N) is 2. The van der Waals surface area contributed by atoms with Crippen molar-refractivity contribution in [3.63, 3.8) is 0 Å². The van der Waals surface area contributed by atoms with Crippen LogP contribution in [-0.4, -0.2) is 21.7 Å². The summed E-state index contributed by atoms with van der Waals surface area (Å²) in [6.07, 6.45) is 2.51. The zero-order valence-electron chi connectivity index (χ0n) is 10.5. The molecule has 1 unspecified atom stereocenters. The molecule has 0 saturated heterocycles. The van der Waals surface area contributed by atoms with Crippen molar-refractivity contribution in [3.8, 4) is 5.69 Å². The second-order valence-electron chi connectivity index (χ2n) is 4.48. The average Bonchev–Trinajstić information content (AvgIpc) is 2.77. The molecule has 1 heterocycles. The third kappa shape index (κ3) is 3.21. The molecule has 19 heavy (non-hydrogen) atoms. The van der Waals surface area contributed by atoms with Crippen molar-refractivity contribution in [3.05, 3.63) is 46.2 Å². The van der Waals surface area contributed by atoms with Crippen LogP contribution in [-0.2, 0) is 6.42 Å². The molecule has 0 aliphatic rings.